The fourth-order valence-corrected chi connectivity index (χ4v) is 2.45. The van der Waals surface area contributed by atoms with Crippen molar-refractivity contribution in [2.75, 3.05) is 12.4 Å². The second-order valence-corrected chi connectivity index (χ2v) is 5.81. The van der Waals surface area contributed by atoms with Crippen molar-refractivity contribution in [3.05, 3.63) is 62.2 Å². The quantitative estimate of drug-likeness (QED) is 0.247. The molecule has 0 spiro atoms. The van der Waals surface area contributed by atoms with Crippen molar-refractivity contribution >= 4 is 46.2 Å². The first-order valence-corrected chi connectivity index (χ1v) is 7.83. The molecule has 0 aliphatic rings. The number of hydrogen-bond donors (Lipinski definition) is 2. The van der Waals surface area contributed by atoms with E-state index >= 15 is 0 Å². The molecule has 2 rings (SSSR count). The van der Waals surface area contributed by atoms with Crippen molar-refractivity contribution in [3.8, 4) is 5.75 Å². The molecule has 0 aliphatic carbocycles. The van der Waals surface area contributed by atoms with Gasteiger partial charge in [-0.3, -0.25) is 20.2 Å². The number of nitrogens with zero attached hydrogens (tertiary/aromatic N) is 1. The summed E-state index contributed by atoms with van der Waals surface area (Å²) in [5, 5.41) is 14.1. The van der Waals surface area contributed by atoms with Gasteiger partial charge in [-0.2, -0.15) is 8.78 Å². The van der Waals surface area contributed by atoms with Crippen LogP contribution >= 0.6 is 23.8 Å². The summed E-state index contributed by atoms with van der Waals surface area (Å²) in [7, 11) is 0.785. The van der Waals surface area contributed by atoms with E-state index in [0.717, 1.165) is 25.3 Å². The Labute approximate surface area is 164 Å². The molecule has 0 fully saturated rings. The second kappa shape index (κ2) is 8.35. The average molecular weight is 438 g/mol. The summed E-state index contributed by atoms with van der Waals surface area (Å²) in [5.74, 6) is -10.7. The Kier molecular flexibility index (Phi) is 6.36. The molecule has 2 N–H and O–H groups in total. The first-order valence-electron chi connectivity index (χ1n) is 7.04. The molecule has 2 aromatic rings. The number of nitro groups is 1. The normalized spacial score (nSPS) is 10.4. The van der Waals surface area contributed by atoms with Gasteiger partial charge >= 0.3 is 0 Å². The molecule has 0 atom stereocenters. The van der Waals surface area contributed by atoms with Gasteiger partial charge in [0.05, 0.1) is 22.7 Å². The van der Waals surface area contributed by atoms with E-state index < -0.39 is 50.5 Å². The molecule has 0 heterocycles. The second-order valence-electron chi connectivity index (χ2n) is 4.99. The number of nitrogens with one attached hydrogen (secondary N) is 2. The third-order valence-corrected chi connectivity index (χ3v) is 3.81. The van der Waals surface area contributed by atoms with Gasteiger partial charge in [0, 0.05) is 12.1 Å². The van der Waals surface area contributed by atoms with Crippen molar-refractivity contribution in [2.45, 2.75) is 0 Å². The summed E-state index contributed by atoms with van der Waals surface area (Å²) in [5.41, 5.74) is -1.86. The molecular formula is C15H8ClF4N3O4S. The van der Waals surface area contributed by atoms with E-state index in [4.69, 9.17) is 23.8 Å². The van der Waals surface area contributed by atoms with Crippen LogP contribution in [0.2, 0.25) is 5.02 Å². The number of anilines is 1. The van der Waals surface area contributed by atoms with Gasteiger partial charge in [-0.05, 0) is 18.3 Å². The summed E-state index contributed by atoms with van der Waals surface area (Å²) in [6.07, 6.45) is 0. The number of amides is 1. The van der Waals surface area contributed by atoms with Crippen LogP contribution in [0.3, 0.4) is 0 Å². The van der Waals surface area contributed by atoms with Crippen LogP contribution < -0.4 is 15.4 Å². The molecule has 0 saturated heterocycles. The molecule has 28 heavy (non-hydrogen) atoms. The Balaban J connectivity index is 2.24. The minimum Gasteiger partial charge on any atom is -0.491 e. The molecule has 0 unspecified atom stereocenters. The van der Waals surface area contributed by atoms with Crippen molar-refractivity contribution in [2.24, 2.45) is 0 Å². The van der Waals surface area contributed by atoms with Crippen molar-refractivity contribution in [1.82, 2.24) is 5.32 Å². The van der Waals surface area contributed by atoms with Crippen LogP contribution in [0.15, 0.2) is 18.2 Å². The zero-order valence-electron chi connectivity index (χ0n) is 13.6. The van der Waals surface area contributed by atoms with Crippen LogP contribution in [0.25, 0.3) is 0 Å². The van der Waals surface area contributed by atoms with Gasteiger partial charge < -0.3 is 10.1 Å². The molecule has 7 nitrogen and oxygen atoms in total. The van der Waals surface area contributed by atoms with Crippen LogP contribution in [0.4, 0.5) is 28.9 Å². The number of thiocarbonyl (C=S) groups is 1. The predicted octanol–water partition coefficient (Wildman–Crippen LogP) is 3.94. The van der Waals surface area contributed by atoms with Crippen molar-refractivity contribution in [1.29, 1.82) is 0 Å². The maximum atomic E-state index is 13.9. The van der Waals surface area contributed by atoms with Crippen LogP contribution in [-0.4, -0.2) is 23.1 Å². The van der Waals surface area contributed by atoms with Gasteiger partial charge in [-0.15, -0.1) is 0 Å². The third-order valence-electron chi connectivity index (χ3n) is 3.29. The average Bonchev–Trinajstić information content (AvgIpc) is 2.62. The first-order chi connectivity index (χ1) is 13.1. The highest BCUT2D eigenvalue weighted by Crippen LogP contribution is 2.30. The highest BCUT2D eigenvalue weighted by Gasteiger charge is 2.30. The van der Waals surface area contributed by atoms with Crippen molar-refractivity contribution < 1.29 is 32.0 Å². The molecular weight excluding hydrogens is 430 g/mol. The van der Waals surface area contributed by atoms with E-state index in [1.165, 1.54) is 0 Å². The fourth-order valence-electron chi connectivity index (χ4n) is 2.03. The Hall–Kier alpha value is -2.99. The fraction of sp³-hybridized carbons (Fsp3) is 0.0667. The topological polar surface area (TPSA) is 93.5 Å². The highest BCUT2D eigenvalue weighted by atomic mass is 35.5. The van der Waals surface area contributed by atoms with Gasteiger partial charge in [-0.25, -0.2) is 8.78 Å². The number of rotatable bonds is 4. The van der Waals surface area contributed by atoms with Gasteiger partial charge in [0.1, 0.15) is 5.56 Å². The standard InChI is InChI=1S/C15H8ClF4N3O4S/c1-27-13-11(19)9(17)8(10(18)12(13)20)14(24)22-15(28)21-7-3-2-5(23(25)26)4-6(7)16/h2-4H,1H3,(H2,21,22,24,28). The molecule has 0 saturated carbocycles. The Bertz CT molecular complexity index is 977. The van der Waals surface area contributed by atoms with Gasteiger partial charge in [0.25, 0.3) is 11.6 Å². The Morgan fingerprint density at radius 1 is 1.18 bits per heavy atom. The maximum absolute atomic E-state index is 13.9. The van der Waals surface area contributed by atoms with E-state index in [-0.39, 0.29) is 16.4 Å². The lowest BCUT2D eigenvalue weighted by atomic mass is 10.1. The number of nitro benzene ring substituents is 1. The number of carbonyl (C=O) groups excluding carboxylic acids is 1. The Morgan fingerprint density at radius 3 is 2.21 bits per heavy atom. The van der Waals surface area contributed by atoms with Gasteiger partial charge in [0.2, 0.25) is 11.6 Å². The number of carbonyl (C=O) groups is 1. The molecule has 1 amide bonds. The van der Waals surface area contributed by atoms with E-state index in [9.17, 15) is 32.5 Å². The van der Waals surface area contributed by atoms with E-state index in [2.05, 4.69) is 10.1 Å². The van der Waals surface area contributed by atoms with E-state index in [1.807, 2.05) is 5.32 Å². The SMILES string of the molecule is COc1c(F)c(F)c(C(=O)NC(=S)Nc2ccc([N+](=O)[O-])cc2Cl)c(F)c1F. The van der Waals surface area contributed by atoms with E-state index in [0.29, 0.717) is 0 Å². The largest absolute Gasteiger partial charge is 0.491 e. The number of benzene rings is 2. The number of halogens is 5. The molecule has 0 bridgehead atoms. The predicted molar refractivity (Wildman–Crippen MR) is 94.6 cm³/mol. The highest BCUT2D eigenvalue weighted by molar-refractivity contribution is 7.80. The van der Waals surface area contributed by atoms with Crippen LogP contribution in [-0.2, 0) is 0 Å². The number of hydrogen-bond acceptors (Lipinski definition) is 5. The zero-order valence-corrected chi connectivity index (χ0v) is 15.2. The van der Waals surface area contributed by atoms with Crippen molar-refractivity contribution in [3.63, 3.8) is 0 Å². The lowest BCUT2D eigenvalue weighted by molar-refractivity contribution is -0.384. The molecule has 0 aliphatic heterocycles. The smallest absolute Gasteiger partial charge is 0.271 e. The lowest BCUT2D eigenvalue weighted by Crippen LogP contribution is -2.35. The molecule has 148 valence electrons. The maximum Gasteiger partial charge on any atom is 0.271 e. The zero-order chi connectivity index (χ0) is 21.2. The monoisotopic (exact) mass is 437 g/mol. The first kappa shape index (κ1) is 21.3. The third kappa shape index (κ3) is 4.12. The summed E-state index contributed by atoms with van der Waals surface area (Å²) in [4.78, 5) is 22.0. The summed E-state index contributed by atoms with van der Waals surface area (Å²) in [6, 6.07) is 3.22. The number of methoxy groups -OCH3 is 1. The minimum absolute atomic E-state index is 0.0191. The molecule has 13 heteroatoms. The number of ether oxygens (including phenoxy) is 1. The van der Waals surface area contributed by atoms with Gasteiger partial charge in [0.15, 0.2) is 22.5 Å². The molecule has 0 radical (unpaired) electrons. The lowest BCUT2D eigenvalue weighted by Gasteiger charge is -2.13. The minimum atomic E-state index is -1.98. The van der Waals surface area contributed by atoms with E-state index in [1.54, 1.807) is 0 Å². The van der Waals surface area contributed by atoms with Crippen LogP contribution in [0, 0.1) is 33.4 Å². The summed E-state index contributed by atoms with van der Waals surface area (Å²) < 4.78 is 59.5. The van der Waals surface area contributed by atoms with Gasteiger partial charge in [-0.1, -0.05) is 11.6 Å². The summed E-state index contributed by atoms with van der Waals surface area (Å²) in [6.45, 7) is 0. The summed E-state index contributed by atoms with van der Waals surface area (Å²) >= 11 is 10.6. The molecule has 2 aromatic carbocycles. The van der Waals surface area contributed by atoms with Crippen LogP contribution in [0.5, 0.6) is 5.75 Å². The number of non-ortho nitro benzene ring substituents is 1. The Morgan fingerprint density at radius 2 is 1.75 bits per heavy atom. The molecule has 0 aromatic heterocycles. The van der Waals surface area contributed by atoms with Crippen LogP contribution in [0.1, 0.15) is 10.4 Å².